The molecule has 1 rings (SSSR count). The lowest BCUT2D eigenvalue weighted by atomic mass is 10.1. The van der Waals surface area contributed by atoms with E-state index in [4.69, 9.17) is 10.5 Å². The van der Waals surface area contributed by atoms with E-state index in [2.05, 4.69) is 4.72 Å². The molecular formula is C14H19N3O6S. The van der Waals surface area contributed by atoms with Crippen LogP contribution < -0.4 is 15.8 Å². The maximum Gasteiger partial charge on any atom is 0.338 e. The molecule has 0 saturated carbocycles. The summed E-state index contributed by atoms with van der Waals surface area (Å²) in [4.78, 5) is 34.7. The Labute approximate surface area is 139 Å². The minimum atomic E-state index is -3.73. The van der Waals surface area contributed by atoms with Crippen LogP contribution in [0.4, 0.5) is 4.79 Å². The number of rotatable bonds is 6. The average molecular weight is 357 g/mol. The molecule has 0 aliphatic rings. The van der Waals surface area contributed by atoms with Crippen molar-refractivity contribution in [3.63, 3.8) is 0 Å². The quantitative estimate of drug-likeness (QED) is 0.610. The molecular weight excluding hydrogens is 338 g/mol. The van der Waals surface area contributed by atoms with Crippen LogP contribution in [0.3, 0.4) is 0 Å². The highest BCUT2D eigenvalue weighted by Gasteiger charge is 2.28. The number of benzene rings is 1. The van der Waals surface area contributed by atoms with Gasteiger partial charge in [-0.3, -0.25) is 10.1 Å². The molecule has 0 saturated heterocycles. The Hall–Kier alpha value is -2.46. The number of hydrogen-bond donors (Lipinski definition) is 3. The van der Waals surface area contributed by atoms with Gasteiger partial charge in [0.05, 0.1) is 10.5 Å². The highest BCUT2D eigenvalue weighted by Crippen LogP contribution is 2.15. The number of nitrogens with two attached hydrogens (primary N) is 1. The first-order valence-electron chi connectivity index (χ1n) is 6.93. The van der Waals surface area contributed by atoms with Crippen molar-refractivity contribution in [2.45, 2.75) is 24.8 Å². The lowest BCUT2D eigenvalue weighted by Gasteiger charge is -2.20. The summed E-state index contributed by atoms with van der Waals surface area (Å²) in [5.74, 6) is -2.19. The van der Waals surface area contributed by atoms with Gasteiger partial charge in [-0.1, -0.05) is 19.9 Å². The number of esters is 1. The van der Waals surface area contributed by atoms with E-state index in [9.17, 15) is 22.8 Å². The largest absolute Gasteiger partial charge is 0.448 e. The van der Waals surface area contributed by atoms with Crippen LogP contribution in [0.1, 0.15) is 24.2 Å². The van der Waals surface area contributed by atoms with Crippen molar-refractivity contribution >= 4 is 27.9 Å². The van der Waals surface area contributed by atoms with Gasteiger partial charge in [0.25, 0.3) is 5.91 Å². The Bertz CT molecular complexity index is 745. The maximum absolute atomic E-state index is 12.2. The maximum atomic E-state index is 12.2. The summed E-state index contributed by atoms with van der Waals surface area (Å²) < 4.78 is 30.7. The summed E-state index contributed by atoms with van der Waals surface area (Å²) in [6.07, 6.45) is -1.26. The number of carbonyl (C=O) groups excluding carboxylic acids is 3. The average Bonchev–Trinajstić information content (AvgIpc) is 2.51. The van der Waals surface area contributed by atoms with Crippen molar-refractivity contribution in [1.29, 1.82) is 0 Å². The second kappa shape index (κ2) is 7.88. The van der Waals surface area contributed by atoms with Crippen LogP contribution in [-0.4, -0.2) is 39.5 Å². The molecule has 4 N–H and O–H groups in total. The van der Waals surface area contributed by atoms with E-state index in [0.29, 0.717) is 0 Å². The highest BCUT2D eigenvalue weighted by atomic mass is 32.2. The first-order chi connectivity index (χ1) is 11.1. The molecule has 1 aromatic carbocycles. The van der Waals surface area contributed by atoms with Gasteiger partial charge in [-0.2, -0.15) is 0 Å². The Morgan fingerprint density at radius 1 is 1.21 bits per heavy atom. The number of imide groups is 1. The van der Waals surface area contributed by atoms with Gasteiger partial charge in [0, 0.05) is 0 Å². The fourth-order valence-corrected chi connectivity index (χ4v) is 2.55. The number of amides is 3. The molecule has 3 amide bonds. The van der Waals surface area contributed by atoms with Crippen LogP contribution in [0.5, 0.6) is 0 Å². The van der Waals surface area contributed by atoms with Crippen molar-refractivity contribution < 1.29 is 27.5 Å². The lowest BCUT2D eigenvalue weighted by molar-refractivity contribution is -0.130. The lowest BCUT2D eigenvalue weighted by Crippen LogP contribution is -2.45. The van der Waals surface area contributed by atoms with Crippen LogP contribution in [0.2, 0.25) is 0 Å². The van der Waals surface area contributed by atoms with Crippen LogP contribution in [0.25, 0.3) is 0 Å². The third kappa shape index (κ3) is 5.03. The number of urea groups is 1. The third-order valence-electron chi connectivity index (χ3n) is 2.99. The number of nitrogens with one attached hydrogen (secondary N) is 2. The molecule has 1 aromatic rings. The Balaban J connectivity index is 3.03. The second-order valence-corrected chi connectivity index (χ2v) is 7.05. The van der Waals surface area contributed by atoms with E-state index in [1.54, 1.807) is 13.8 Å². The zero-order chi connectivity index (χ0) is 18.5. The normalized spacial score (nSPS) is 12.5. The fraction of sp³-hybridized carbons (Fsp3) is 0.357. The topological polar surface area (TPSA) is 145 Å². The molecule has 0 heterocycles. The van der Waals surface area contributed by atoms with Crippen LogP contribution in [0, 0.1) is 5.92 Å². The summed E-state index contributed by atoms with van der Waals surface area (Å²) >= 11 is 0. The smallest absolute Gasteiger partial charge is 0.338 e. The highest BCUT2D eigenvalue weighted by molar-refractivity contribution is 7.89. The molecule has 0 aromatic heterocycles. The Morgan fingerprint density at radius 2 is 1.83 bits per heavy atom. The van der Waals surface area contributed by atoms with Gasteiger partial charge >= 0.3 is 12.0 Å². The number of carbonyl (C=O) groups is 3. The van der Waals surface area contributed by atoms with E-state index in [1.807, 2.05) is 5.32 Å². The minimum Gasteiger partial charge on any atom is -0.448 e. The summed E-state index contributed by atoms with van der Waals surface area (Å²) in [6, 6.07) is 4.08. The fourth-order valence-electron chi connectivity index (χ4n) is 1.78. The Kier molecular flexibility index (Phi) is 6.43. The zero-order valence-electron chi connectivity index (χ0n) is 13.4. The standard InChI is InChI=1S/C14H19N3O6S/c1-8(2)11(12(18)17-14(15)20)23-13(19)9-5-4-6-10(7-9)24(21,22)16-3/h4-8,11,16H,1-3H3,(H3,15,17,18,20)/t11-/m0/s1. The van der Waals surface area contributed by atoms with Crippen molar-refractivity contribution in [1.82, 2.24) is 10.0 Å². The van der Waals surface area contributed by atoms with E-state index in [1.165, 1.54) is 25.2 Å². The SMILES string of the molecule is CNS(=O)(=O)c1cccc(C(=O)O[C@H](C(=O)NC(N)=O)C(C)C)c1. The van der Waals surface area contributed by atoms with Crippen LogP contribution in [-0.2, 0) is 19.6 Å². The second-order valence-electron chi connectivity index (χ2n) is 5.16. The van der Waals surface area contributed by atoms with Gasteiger partial charge in [0.15, 0.2) is 6.10 Å². The van der Waals surface area contributed by atoms with Gasteiger partial charge in [0.2, 0.25) is 10.0 Å². The summed E-state index contributed by atoms with van der Waals surface area (Å²) in [5.41, 5.74) is 4.82. The first kappa shape index (κ1) is 19.6. The predicted molar refractivity (Wildman–Crippen MR) is 84.5 cm³/mol. The van der Waals surface area contributed by atoms with Gasteiger partial charge in [-0.25, -0.2) is 22.7 Å². The van der Waals surface area contributed by atoms with Crippen molar-refractivity contribution in [2.75, 3.05) is 7.05 Å². The Morgan fingerprint density at radius 3 is 2.33 bits per heavy atom. The van der Waals surface area contributed by atoms with Crippen LogP contribution >= 0.6 is 0 Å². The van der Waals surface area contributed by atoms with Crippen molar-refractivity contribution in [3.05, 3.63) is 29.8 Å². The molecule has 132 valence electrons. The molecule has 0 aliphatic carbocycles. The molecule has 0 aliphatic heterocycles. The van der Waals surface area contributed by atoms with Crippen molar-refractivity contribution in [2.24, 2.45) is 11.7 Å². The molecule has 0 radical (unpaired) electrons. The molecule has 0 spiro atoms. The number of ether oxygens (including phenoxy) is 1. The minimum absolute atomic E-state index is 0.0520. The van der Waals surface area contributed by atoms with E-state index < -0.39 is 40.0 Å². The predicted octanol–water partition coefficient (Wildman–Crippen LogP) is -0.0290. The summed E-state index contributed by atoms with van der Waals surface area (Å²) in [6.45, 7) is 3.22. The van der Waals surface area contributed by atoms with Crippen LogP contribution in [0.15, 0.2) is 29.2 Å². The molecule has 0 unspecified atom stereocenters. The van der Waals surface area contributed by atoms with E-state index >= 15 is 0 Å². The molecule has 1 atom stereocenters. The van der Waals surface area contributed by atoms with Crippen molar-refractivity contribution in [3.8, 4) is 0 Å². The number of primary amides is 1. The summed E-state index contributed by atoms with van der Waals surface area (Å²) in [5, 5.41) is 1.84. The molecule has 24 heavy (non-hydrogen) atoms. The number of sulfonamides is 1. The molecule has 0 fully saturated rings. The van der Waals surface area contributed by atoms with E-state index in [-0.39, 0.29) is 10.5 Å². The monoisotopic (exact) mass is 357 g/mol. The molecule has 9 nitrogen and oxygen atoms in total. The molecule has 10 heteroatoms. The van der Waals surface area contributed by atoms with Gasteiger partial charge < -0.3 is 10.5 Å². The van der Waals surface area contributed by atoms with Gasteiger partial charge in [0.1, 0.15) is 0 Å². The first-order valence-corrected chi connectivity index (χ1v) is 8.41. The third-order valence-corrected chi connectivity index (χ3v) is 4.41. The number of hydrogen-bond acceptors (Lipinski definition) is 6. The zero-order valence-corrected chi connectivity index (χ0v) is 14.2. The molecule has 0 bridgehead atoms. The summed E-state index contributed by atoms with van der Waals surface area (Å²) in [7, 11) is -2.49. The van der Waals surface area contributed by atoms with Gasteiger partial charge in [-0.15, -0.1) is 0 Å². The van der Waals surface area contributed by atoms with E-state index in [0.717, 1.165) is 6.07 Å². The van der Waals surface area contributed by atoms with Gasteiger partial charge in [-0.05, 0) is 31.2 Å².